The lowest BCUT2D eigenvalue weighted by Gasteiger charge is -2.36. The second-order valence-electron chi connectivity index (χ2n) is 6.75. The summed E-state index contributed by atoms with van der Waals surface area (Å²) in [6, 6.07) is 15.3. The van der Waals surface area contributed by atoms with Gasteiger partial charge < -0.3 is 19.5 Å². The Bertz CT molecular complexity index is 734. The minimum atomic E-state index is -0.595. The fourth-order valence-corrected chi connectivity index (χ4v) is 3.38. The summed E-state index contributed by atoms with van der Waals surface area (Å²) in [5.74, 6) is 1.59. The van der Waals surface area contributed by atoms with E-state index in [0.29, 0.717) is 32.7 Å². The molecule has 27 heavy (non-hydrogen) atoms. The van der Waals surface area contributed by atoms with Crippen LogP contribution in [0.5, 0.6) is 11.5 Å². The molecule has 0 aliphatic carbocycles. The van der Waals surface area contributed by atoms with Gasteiger partial charge in [0.25, 0.3) is 0 Å². The molecule has 3 rings (SSSR count). The van der Waals surface area contributed by atoms with Crippen molar-refractivity contribution in [3.05, 3.63) is 54.1 Å². The molecule has 1 heterocycles. The third kappa shape index (κ3) is 4.42. The van der Waals surface area contributed by atoms with Crippen LogP contribution in [0.1, 0.15) is 31.7 Å². The molecule has 1 fully saturated rings. The zero-order chi connectivity index (χ0) is 19.1. The molecule has 1 saturated heterocycles. The van der Waals surface area contributed by atoms with E-state index in [2.05, 4.69) is 12.2 Å². The van der Waals surface area contributed by atoms with E-state index in [0.717, 1.165) is 29.2 Å². The van der Waals surface area contributed by atoms with Gasteiger partial charge in [0.1, 0.15) is 11.5 Å². The summed E-state index contributed by atoms with van der Waals surface area (Å²) in [6.45, 7) is 3.90. The molecule has 1 N–H and O–H groups in total. The van der Waals surface area contributed by atoms with Gasteiger partial charge in [-0.25, -0.2) is 0 Å². The molecule has 2 aromatic rings. The molecular formula is C22H27NO4. The zero-order valence-corrected chi connectivity index (χ0v) is 16.0. The Morgan fingerprint density at radius 1 is 1.04 bits per heavy atom. The lowest BCUT2D eigenvalue weighted by atomic mass is 9.73. The first-order valence-electron chi connectivity index (χ1n) is 9.44. The molecule has 0 unspecified atom stereocenters. The van der Waals surface area contributed by atoms with Crippen molar-refractivity contribution in [3.8, 4) is 11.5 Å². The molecule has 1 amide bonds. The van der Waals surface area contributed by atoms with Crippen LogP contribution in [0.2, 0.25) is 0 Å². The predicted octanol–water partition coefficient (Wildman–Crippen LogP) is 4.17. The third-order valence-corrected chi connectivity index (χ3v) is 5.01. The first-order valence-corrected chi connectivity index (χ1v) is 9.44. The molecule has 1 aliphatic heterocycles. The van der Waals surface area contributed by atoms with Crippen LogP contribution in [-0.4, -0.2) is 32.8 Å². The number of carbonyl (C=O) groups is 1. The Morgan fingerprint density at radius 2 is 1.67 bits per heavy atom. The Balaban J connectivity index is 1.79. The van der Waals surface area contributed by atoms with Gasteiger partial charge in [-0.3, -0.25) is 4.79 Å². The SMILES string of the molecule is CCCOc1ccc(NC(=O)C2(c3ccc(OC)cc3)CCOCC2)cc1. The number of hydrogen-bond donors (Lipinski definition) is 1. The molecule has 1 aliphatic rings. The summed E-state index contributed by atoms with van der Waals surface area (Å²) >= 11 is 0. The van der Waals surface area contributed by atoms with Crippen molar-refractivity contribution in [1.29, 1.82) is 0 Å². The zero-order valence-electron chi connectivity index (χ0n) is 16.0. The highest BCUT2D eigenvalue weighted by molar-refractivity contribution is 5.99. The molecule has 5 nitrogen and oxygen atoms in total. The highest BCUT2D eigenvalue weighted by atomic mass is 16.5. The van der Waals surface area contributed by atoms with E-state index in [1.807, 2.05) is 48.5 Å². The topological polar surface area (TPSA) is 56.8 Å². The number of hydrogen-bond acceptors (Lipinski definition) is 4. The van der Waals surface area contributed by atoms with Crippen molar-refractivity contribution in [2.45, 2.75) is 31.6 Å². The maximum Gasteiger partial charge on any atom is 0.235 e. The second kappa shape index (κ2) is 8.91. The molecule has 0 bridgehead atoms. The summed E-state index contributed by atoms with van der Waals surface area (Å²) in [5, 5.41) is 3.08. The minimum Gasteiger partial charge on any atom is -0.497 e. The summed E-state index contributed by atoms with van der Waals surface area (Å²) in [6.07, 6.45) is 2.27. The van der Waals surface area contributed by atoms with Crippen LogP contribution in [0.3, 0.4) is 0 Å². The van der Waals surface area contributed by atoms with Crippen molar-refractivity contribution < 1.29 is 19.0 Å². The minimum absolute atomic E-state index is 0.00167. The Hall–Kier alpha value is -2.53. The number of ether oxygens (including phenoxy) is 3. The number of anilines is 1. The first-order chi connectivity index (χ1) is 13.2. The van der Waals surface area contributed by atoms with Crippen molar-refractivity contribution in [3.63, 3.8) is 0 Å². The van der Waals surface area contributed by atoms with E-state index in [1.54, 1.807) is 7.11 Å². The maximum absolute atomic E-state index is 13.3. The van der Waals surface area contributed by atoms with Crippen LogP contribution in [0.4, 0.5) is 5.69 Å². The number of carbonyl (C=O) groups excluding carboxylic acids is 1. The number of methoxy groups -OCH3 is 1. The van der Waals surface area contributed by atoms with E-state index < -0.39 is 5.41 Å². The lowest BCUT2D eigenvalue weighted by Crippen LogP contribution is -2.44. The van der Waals surface area contributed by atoms with Crippen LogP contribution < -0.4 is 14.8 Å². The fourth-order valence-electron chi connectivity index (χ4n) is 3.38. The maximum atomic E-state index is 13.3. The van der Waals surface area contributed by atoms with E-state index >= 15 is 0 Å². The molecule has 0 radical (unpaired) electrons. The number of benzene rings is 2. The molecule has 0 atom stereocenters. The molecule has 0 saturated carbocycles. The molecule has 2 aromatic carbocycles. The summed E-state index contributed by atoms with van der Waals surface area (Å²) in [7, 11) is 1.64. The molecule has 0 spiro atoms. The normalized spacial score (nSPS) is 15.8. The Kier molecular flexibility index (Phi) is 6.35. The quantitative estimate of drug-likeness (QED) is 0.796. The van der Waals surface area contributed by atoms with E-state index in [4.69, 9.17) is 14.2 Å². The molecular weight excluding hydrogens is 342 g/mol. The highest BCUT2D eigenvalue weighted by Gasteiger charge is 2.41. The first kappa shape index (κ1) is 19.2. The number of nitrogens with one attached hydrogen (secondary N) is 1. The number of rotatable bonds is 7. The van der Waals surface area contributed by atoms with Gasteiger partial charge in [0.05, 0.1) is 19.1 Å². The summed E-state index contributed by atoms with van der Waals surface area (Å²) in [5.41, 5.74) is 1.16. The van der Waals surface area contributed by atoms with Crippen LogP contribution in [0, 0.1) is 0 Å². The van der Waals surface area contributed by atoms with Gasteiger partial charge in [-0.2, -0.15) is 0 Å². The van der Waals surface area contributed by atoms with Crippen molar-refractivity contribution >= 4 is 11.6 Å². The molecule has 144 valence electrons. The Morgan fingerprint density at radius 3 is 2.26 bits per heavy atom. The monoisotopic (exact) mass is 369 g/mol. The second-order valence-corrected chi connectivity index (χ2v) is 6.75. The van der Waals surface area contributed by atoms with Crippen LogP contribution >= 0.6 is 0 Å². The van der Waals surface area contributed by atoms with Crippen LogP contribution in [-0.2, 0) is 14.9 Å². The highest BCUT2D eigenvalue weighted by Crippen LogP contribution is 2.37. The average molecular weight is 369 g/mol. The van der Waals surface area contributed by atoms with Crippen molar-refractivity contribution in [2.24, 2.45) is 0 Å². The lowest BCUT2D eigenvalue weighted by molar-refractivity contribution is -0.125. The van der Waals surface area contributed by atoms with E-state index in [1.165, 1.54) is 0 Å². The average Bonchev–Trinajstić information content (AvgIpc) is 2.73. The van der Waals surface area contributed by atoms with Gasteiger partial charge in [-0.05, 0) is 61.2 Å². The third-order valence-electron chi connectivity index (χ3n) is 5.01. The standard InChI is InChI=1S/C22H27NO4/c1-3-14-27-20-10-6-18(7-11-20)23-21(24)22(12-15-26-16-13-22)17-4-8-19(25-2)9-5-17/h4-11H,3,12-16H2,1-2H3,(H,23,24). The van der Waals surface area contributed by atoms with Gasteiger partial charge in [0.15, 0.2) is 0 Å². The van der Waals surface area contributed by atoms with Crippen LogP contribution in [0.15, 0.2) is 48.5 Å². The van der Waals surface area contributed by atoms with E-state index in [9.17, 15) is 4.79 Å². The Labute approximate surface area is 160 Å². The number of amides is 1. The summed E-state index contributed by atoms with van der Waals surface area (Å²) < 4.78 is 16.4. The van der Waals surface area contributed by atoms with Gasteiger partial charge in [-0.15, -0.1) is 0 Å². The van der Waals surface area contributed by atoms with Crippen LogP contribution in [0.25, 0.3) is 0 Å². The largest absolute Gasteiger partial charge is 0.497 e. The predicted molar refractivity (Wildman–Crippen MR) is 106 cm³/mol. The van der Waals surface area contributed by atoms with Gasteiger partial charge in [0, 0.05) is 18.9 Å². The fraction of sp³-hybridized carbons (Fsp3) is 0.409. The summed E-state index contributed by atoms with van der Waals surface area (Å²) in [4.78, 5) is 13.3. The smallest absolute Gasteiger partial charge is 0.235 e. The molecule has 5 heteroatoms. The van der Waals surface area contributed by atoms with Gasteiger partial charge >= 0.3 is 0 Å². The van der Waals surface area contributed by atoms with E-state index in [-0.39, 0.29) is 5.91 Å². The molecule has 0 aromatic heterocycles. The van der Waals surface area contributed by atoms with Crippen molar-refractivity contribution in [2.75, 3.05) is 32.2 Å². The van der Waals surface area contributed by atoms with Crippen molar-refractivity contribution in [1.82, 2.24) is 0 Å². The van der Waals surface area contributed by atoms with Gasteiger partial charge in [-0.1, -0.05) is 19.1 Å². The van der Waals surface area contributed by atoms with Gasteiger partial charge in [0.2, 0.25) is 5.91 Å².